The summed E-state index contributed by atoms with van der Waals surface area (Å²) in [6.45, 7) is 4.41. The molecule has 5 nitrogen and oxygen atoms in total. The van der Waals surface area contributed by atoms with E-state index in [-0.39, 0.29) is 15.7 Å². The van der Waals surface area contributed by atoms with Crippen molar-refractivity contribution in [1.29, 1.82) is 0 Å². The Labute approximate surface area is 120 Å². The summed E-state index contributed by atoms with van der Waals surface area (Å²) in [6, 6.07) is 0. The molecule has 19 heavy (non-hydrogen) atoms. The first-order valence-electron chi connectivity index (χ1n) is 5.98. The molecule has 3 rings (SSSR count). The lowest BCUT2D eigenvalue weighted by Gasteiger charge is -2.30. The molecule has 0 radical (unpaired) electrons. The number of thiazole rings is 1. The molecule has 1 saturated heterocycles. The van der Waals surface area contributed by atoms with E-state index in [2.05, 4.69) is 4.98 Å². The predicted octanol–water partition coefficient (Wildman–Crippen LogP) is 2.61. The van der Waals surface area contributed by atoms with E-state index >= 15 is 0 Å². The Balaban J connectivity index is 2.20. The molecule has 3 heterocycles. The first-order valence-corrected chi connectivity index (χ1v) is 8.68. The molecule has 0 saturated carbocycles. The van der Waals surface area contributed by atoms with Crippen LogP contribution in [0.15, 0.2) is 16.6 Å². The van der Waals surface area contributed by atoms with Crippen LogP contribution in [0.3, 0.4) is 0 Å². The van der Waals surface area contributed by atoms with E-state index in [1.54, 1.807) is 16.0 Å². The van der Waals surface area contributed by atoms with Crippen molar-refractivity contribution in [1.82, 2.24) is 13.7 Å². The molecule has 0 unspecified atom stereocenters. The van der Waals surface area contributed by atoms with E-state index in [1.807, 2.05) is 13.8 Å². The minimum absolute atomic E-state index is 0.0505. The van der Waals surface area contributed by atoms with Gasteiger partial charge in [0, 0.05) is 23.7 Å². The average Bonchev–Trinajstić information content (AvgIpc) is 2.90. The fourth-order valence-electron chi connectivity index (χ4n) is 2.60. The third-order valence-corrected chi connectivity index (χ3v) is 6.81. The van der Waals surface area contributed by atoms with E-state index in [0.29, 0.717) is 11.5 Å². The van der Waals surface area contributed by atoms with Crippen LogP contribution >= 0.6 is 22.9 Å². The number of imidazole rings is 1. The van der Waals surface area contributed by atoms with Crippen LogP contribution in [0, 0.1) is 0 Å². The topological polar surface area (TPSA) is 54.7 Å². The Morgan fingerprint density at radius 2 is 2.21 bits per heavy atom. The summed E-state index contributed by atoms with van der Waals surface area (Å²) >= 11 is 7.40. The quantitative estimate of drug-likeness (QED) is 0.855. The summed E-state index contributed by atoms with van der Waals surface area (Å²) < 4.78 is 28.7. The number of fused-ring (bicyclic) bond motifs is 1. The van der Waals surface area contributed by atoms with E-state index in [0.717, 1.165) is 12.8 Å². The van der Waals surface area contributed by atoms with Crippen LogP contribution in [0.2, 0.25) is 5.15 Å². The van der Waals surface area contributed by atoms with Crippen LogP contribution in [-0.2, 0) is 10.0 Å². The smallest absolute Gasteiger partial charge is 0.262 e. The standard InChI is InChI=1S/C11H14ClN3O2S2/c1-11(2)4-3-5-15(11)19(16,17)9-8(12)13-10-14(9)6-7-18-10/h6-7H,3-5H2,1-2H3. The van der Waals surface area contributed by atoms with Crippen LogP contribution in [-0.4, -0.2) is 34.2 Å². The second-order valence-corrected chi connectivity index (χ2v) is 8.27. The van der Waals surface area contributed by atoms with Crippen molar-refractivity contribution < 1.29 is 8.42 Å². The van der Waals surface area contributed by atoms with Gasteiger partial charge in [-0.15, -0.1) is 11.3 Å². The van der Waals surface area contributed by atoms with Crippen LogP contribution in [0.5, 0.6) is 0 Å². The Kier molecular flexibility index (Phi) is 2.94. The first-order chi connectivity index (χ1) is 8.84. The first kappa shape index (κ1) is 13.4. The lowest BCUT2D eigenvalue weighted by Crippen LogP contribution is -2.43. The zero-order valence-corrected chi connectivity index (χ0v) is 13.0. The predicted molar refractivity (Wildman–Crippen MR) is 75.3 cm³/mol. The summed E-state index contributed by atoms with van der Waals surface area (Å²) in [4.78, 5) is 4.70. The maximum absolute atomic E-state index is 12.8. The summed E-state index contributed by atoms with van der Waals surface area (Å²) in [6.07, 6.45) is 3.42. The third kappa shape index (κ3) is 1.91. The highest BCUT2D eigenvalue weighted by Crippen LogP contribution is 2.36. The van der Waals surface area contributed by atoms with Crippen molar-refractivity contribution >= 4 is 37.9 Å². The SMILES string of the molecule is CC1(C)CCCN1S(=O)(=O)c1c(Cl)nc2sccn12. The number of rotatable bonds is 2. The van der Waals surface area contributed by atoms with E-state index in [9.17, 15) is 8.42 Å². The van der Waals surface area contributed by atoms with E-state index < -0.39 is 10.0 Å². The van der Waals surface area contributed by atoms with Gasteiger partial charge in [0.1, 0.15) is 0 Å². The molecule has 0 N–H and O–H groups in total. The lowest BCUT2D eigenvalue weighted by atomic mass is 10.0. The van der Waals surface area contributed by atoms with E-state index in [1.165, 1.54) is 15.6 Å². The molecular formula is C11H14ClN3O2S2. The molecule has 0 amide bonds. The molecule has 1 aliphatic rings. The van der Waals surface area contributed by atoms with Crippen molar-refractivity contribution in [2.75, 3.05) is 6.54 Å². The molecule has 1 aliphatic heterocycles. The van der Waals surface area contributed by atoms with Gasteiger partial charge >= 0.3 is 0 Å². The highest BCUT2D eigenvalue weighted by atomic mass is 35.5. The highest BCUT2D eigenvalue weighted by Gasteiger charge is 2.43. The summed E-state index contributed by atoms with van der Waals surface area (Å²) in [5, 5.41) is 1.93. The zero-order valence-electron chi connectivity index (χ0n) is 10.6. The maximum Gasteiger partial charge on any atom is 0.262 e. The molecule has 0 aliphatic carbocycles. The Bertz CT molecular complexity index is 732. The minimum atomic E-state index is -3.62. The number of aromatic nitrogens is 2. The van der Waals surface area contributed by atoms with Gasteiger partial charge in [0.15, 0.2) is 15.1 Å². The largest absolute Gasteiger partial charge is 0.279 e. The van der Waals surface area contributed by atoms with E-state index in [4.69, 9.17) is 11.6 Å². The summed E-state index contributed by atoms with van der Waals surface area (Å²) in [5.74, 6) is 0. The average molecular weight is 320 g/mol. The molecule has 0 spiro atoms. The number of hydrogen-bond donors (Lipinski definition) is 0. The number of halogens is 1. The third-order valence-electron chi connectivity index (χ3n) is 3.54. The van der Waals surface area contributed by atoms with Gasteiger partial charge in [-0.25, -0.2) is 13.4 Å². The Morgan fingerprint density at radius 3 is 2.84 bits per heavy atom. The molecule has 8 heteroatoms. The molecule has 2 aromatic heterocycles. The van der Waals surface area contributed by atoms with Gasteiger partial charge in [0.2, 0.25) is 0 Å². The minimum Gasteiger partial charge on any atom is -0.279 e. The van der Waals surface area contributed by atoms with Gasteiger partial charge in [-0.1, -0.05) is 11.6 Å². The molecule has 1 fully saturated rings. The Hall–Kier alpha value is -0.630. The van der Waals surface area contributed by atoms with Gasteiger partial charge in [-0.2, -0.15) is 4.31 Å². The molecule has 0 bridgehead atoms. The second kappa shape index (κ2) is 4.18. The fraction of sp³-hybridized carbons (Fsp3) is 0.545. The highest BCUT2D eigenvalue weighted by molar-refractivity contribution is 7.89. The van der Waals surface area contributed by atoms with Gasteiger partial charge in [-0.3, -0.25) is 4.40 Å². The lowest BCUT2D eigenvalue weighted by molar-refractivity contribution is 0.290. The van der Waals surface area contributed by atoms with Crippen molar-refractivity contribution in [3.8, 4) is 0 Å². The summed E-state index contributed by atoms with van der Waals surface area (Å²) in [5.41, 5.74) is -0.373. The van der Waals surface area contributed by atoms with Crippen LogP contribution in [0.1, 0.15) is 26.7 Å². The summed E-state index contributed by atoms with van der Waals surface area (Å²) in [7, 11) is -3.62. The van der Waals surface area contributed by atoms with Crippen molar-refractivity contribution in [2.45, 2.75) is 37.3 Å². The van der Waals surface area contributed by atoms with Gasteiger partial charge in [0.05, 0.1) is 0 Å². The van der Waals surface area contributed by atoms with Crippen LogP contribution in [0.25, 0.3) is 4.96 Å². The van der Waals surface area contributed by atoms with Crippen molar-refractivity contribution in [2.24, 2.45) is 0 Å². The number of sulfonamides is 1. The number of nitrogens with zero attached hydrogens (tertiary/aromatic N) is 3. The molecule has 2 aromatic rings. The van der Waals surface area contributed by atoms with Crippen molar-refractivity contribution in [3.05, 3.63) is 16.7 Å². The second-order valence-electron chi connectivity index (χ2n) is 5.26. The zero-order chi connectivity index (χ0) is 13.8. The maximum atomic E-state index is 12.8. The normalized spacial score (nSPS) is 20.4. The van der Waals surface area contributed by atoms with Crippen LogP contribution in [0.4, 0.5) is 0 Å². The molecular weight excluding hydrogens is 306 g/mol. The van der Waals surface area contributed by atoms with Gasteiger partial charge < -0.3 is 0 Å². The molecule has 0 aromatic carbocycles. The van der Waals surface area contributed by atoms with Gasteiger partial charge in [0.25, 0.3) is 10.0 Å². The monoisotopic (exact) mass is 319 g/mol. The fourth-order valence-corrected chi connectivity index (χ4v) is 5.86. The molecule has 0 atom stereocenters. The molecule has 104 valence electrons. The van der Waals surface area contributed by atoms with Crippen molar-refractivity contribution in [3.63, 3.8) is 0 Å². The Morgan fingerprint density at radius 1 is 1.47 bits per heavy atom. The van der Waals surface area contributed by atoms with Crippen LogP contribution < -0.4 is 0 Å². The number of hydrogen-bond acceptors (Lipinski definition) is 4. The van der Waals surface area contributed by atoms with Gasteiger partial charge in [-0.05, 0) is 26.7 Å².